The van der Waals surface area contributed by atoms with Crippen LogP contribution in [0.1, 0.15) is 5.56 Å². The third-order valence-corrected chi connectivity index (χ3v) is 2.68. The number of hydrogen-bond acceptors (Lipinski definition) is 2. The molecular formula is C14H13FO2. The number of hydrogen-bond donors (Lipinski definition) is 1. The highest BCUT2D eigenvalue weighted by Gasteiger charge is 2.09. The van der Waals surface area contributed by atoms with Crippen LogP contribution in [0.3, 0.4) is 0 Å². The second-order valence-corrected chi connectivity index (χ2v) is 3.84. The van der Waals surface area contributed by atoms with Gasteiger partial charge in [-0.25, -0.2) is 4.39 Å². The zero-order chi connectivity index (χ0) is 12.4. The lowest BCUT2D eigenvalue weighted by Gasteiger charge is -2.10. The molecule has 0 amide bonds. The molecule has 0 radical (unpaired) electrons. The lowest BCUT2D eigenvalue weighted by atomic mass is 9.99. The van der Waals surface area contributed by atoms with Gasteiger partial charge >= 0.3 is 0 Å². The van der Waals surface area contributed by atoms with Gasteiger partial charge in [0.25, 0.3) is 0 Å². The molecule has 2 aromatic rings. The van der Waals surface area contributed by atoms with Crippen molar-refractivity contribution in [2.45, 2.75) is 6.92 Å². The third-order valence-electron chi connectivity index (χ3n) is 2.68. The summed E-state index contributed by atoms with van der Waals surface area (Å²) in [6.07, 6.45) is 0. The van der Waals surface area contributed by atoms with Crippen molar-refractivity contribution in [3.8, 4) is 22.6 Å². The molecule has 3 heteroatoms. The molecule has 0 atom stereocenters. The summed E-state index contributed by atoms with van der Waals surface area (Å²) in [5.74, 6) is 0.440. The second-order valence-electron chi connectivity index (χ2n) is 3.84. The predicted molar refractivity (Wildman–Crippen MR) is 64.8 cm³/mol. The Morgan fingerprint density at radius 3 is 2.47 bits per heavy atom. The van der Waals surface area contributed by atoms with Crippen LogP contribution in [0, 0.1) is 12.7 Å². The Labute approximate surface area is 99.3 Å². The van der Waals surface area contributed by atoms with Gasteiger partial charge in [0.15, 0.2) is 0 Å². The molecule has 0 aliphatic heterocycles. The quantitative estimate of drug-likeness (QED) is 0.858. The predicted octanol–water partition coefficient (Wildman–Crippen LogP) is 3.52. The molecule has 2 nitrogen and oxygen atoms in total. The summed E-state index contributed by atoms with van der Waals surface area (Å²) in [4.78, 5) is 0. The normalized spacial score (nSPS) is 10.3. The van der Waals surface area contributed by atoms with Gasteiger partial charge in [0.1, 0.15) is 17.3 Å². The first-order chi connectivity index (χ1) is 8.11. The van der Waals surface area contributed by atoms with Gasteiger partial charge in [-0.15, -0.1) is 0 Å². The van der Waals surface area contributed by atoms with Gasteiger partial charge in [0.2, 0.25) is 0 Å². The summed E-state index contributed by atoms with van der Waals surface area (Å²) in [6.45, 7) is 1.89. The number of methoxy groups -OCH3 is 1. The fourth-order valence-electron chi connectivity index (χ4n) is 1.79. The molecule has 0 heterocycles. The van der Waals surface area contributed by atoms with E-state index >= 15 is 0 Å². The largest absolute Gasteiger partial charge is 0.507 e. The van der Waals surface area contributed by atoms with Crippen LogP contribution in [-0.4, -0.2) is 12.2 Å². The average molecular weight is 232 g/mol. The fourth-order valence-corrected chi connectivity index (χ4v) is 1.79. The molecule has 0 aliphatic carbocycles. The maximum atomic E-state index is 13.2. The first-order valence-corrected chi connectivity index (χ1v) is 5.25. The molecule has 0 unspecified atom stereocenters. The first-order valence-electron chi connectivity index (χ1n) is 5.25. The molecule has 0 fully saturated rings. The van der Waals surface area contributed by atoms with Crippen LogP contribution in [0.25, 0.3) is 11.1 Å². The maximum Gasteiger partial charge on any atom is 0.124 e. The molecule has 0 saturated carbocycles. The zero-order valence-corrected chi connectivity index (χ0v) is 9.70. The lowest BCUT2D eigenvalue weighted by Crippen LogP contribution is -1.88. The van der Waals surface area contributed by atoms with Crippen molar-refractivity contribution >= 4 is 0 Å². The number of ether oxygens (including phenoxy) is 1. The summed E-state index contributed by atoms with van der Waals surface area (Å²) in [6, 6.07) is 9.35. The van der Waals surface area contributed by atoms with Gasteiger partial charge < -0.3 is 9.84 Å². The first kappa shape index (κ1) is 11.5. The van der Waals surface area contributed by atoms with Crippen LogP contribution >= 0.6 is 0 Å². The molecule has 0 aromatic heterocycles. The van der Waals surface area contributed by atoms with E-state index in [1.807, 2.05) is 19.1 Å². The minimum atomic E-state index is -0.368. The van der Waals surface area contributed by atoms with Gasteiger partial charge in [-0.1, -0.05) is 6.07 Å². The van der Waals surface area contributed by atoms with E-state index < -0.39 is 0 Å². The third kappa shape index (κ3) is 2.23. The van der Waals surface area contributed by atoms with E-state index in [0.29, 0.717) is 5.56 Å². The minimum absolute atomic E-state index is 0.0691. The van der Waals surface area contributed by atoms with E-state index in [9.17, 15) is 9.50 Å². The summed E-state index contributed by atoms with van der Waals surface area (Å²) >= 11 is 0. The Hall–Kier alpha value is -2.03. The van der Waals surface area contributed by atoms with Crippen molar-refractivity contribution in [1.29, 1.82) is 0 Å². The summed E-state index contributed by atoms with van der Waals surface area (Å²) in [5.41, 5.74) is 2.21. The van der Waals surface area contributed by atoms with E-state index in [1.54, 1.807) is 13.2 Å². The Bertz CT molecular complexity index is 550. The molecule has 0 bridgehead atoms. The number of aryl methyl sites for hydroxylation is 1. The molecular weight excluding hydrogens is 219 g/mol. The van der Waals surface area contributed by atoms with E-state index in [1.165, 1.54) is 18.2 Å². The van der Waals surface area contributed by atoms with E-state index in [-0.39, 0.29) is 11.6 Å². The Morgan fingerprint density at radius 1 is 1.06 bits per heavy atom. The topological polar surface area (TPSA) is 29.5 Å². The van der Waals surface area contributed by atoms with Crippen molar-refractivity contribution in [2.24, 2.45) is 0 Å². The number of benzene rings is 2. The zero-order valence-electron chi connectivity index (χ0n) is 9.70. The van der Waals surface area contributed by atoms with Gasteiger partial charge in [-0.3, -0.25) is 0 Å². The number of phenols is 1. The van der Waals surface area contributed by atoms with Gasteiger partial charge in [-0.05, 0) is 48.4 Å². The van der Waals surface area contributed by atoms with Crippen LogP contribution in [0.2, 0.25) is 0 Å². The Kier molecular flexibility index (Phi) is 3.00. The monoisotopic (exact) mass is 232 g/mol. The molecule has 2 rings (SSSR count). The Balaban J connectivity index is 2.56. The minimum Gasteiger partial charge on any atom is -0.507 e. The lowest BCUT2D eigenvalue weighted by molar-refractivity contribution is 0.414. The molecule has 0 saturated heterocycles. The van der Waals surface area contributed by atoms with Crippen LogP contribution < -0.4 is 4.74 Å². The number of halogens is 1. The standard InChI is InChI=1S/C14H13FO2/c1-9-7-11(17-2)4-5-12(9)13-8-10(15)3-6-14(13)16/h3-8,16H,1-2H3. The average Bonchev–Trinajstić information content (AvgIpc) is 2.32. The number of phenolic OH excluding ortho intramolecular Hbond substituents is 1. The number of aromatic hydroxyl groups is 1. The summed E-state index contributed by atoms with van der Waals surface area (Å²) in [7, 11) is 1.59. The smallest absolute Gasteiger partial charge is 0.124 e. The van der Waals surface area contributed by atoms with E-state index in [2.05, 4.69) is 0 Å². The Morgan fingerprint density at radius 2 is 1.82 bits per heavy atom. The highest BCUT2D eigenvalue weighted by molar-refractivity contribution is 5.73. The van der Waals surface area contributed by atoms with Crippen molar-refractivity contribution in [1.82, 2.24) is 0 Å². The van der Waals surface area contributed by atoms with Crippen molar-refractivity contribution in [3.05, 3.63) is 47.8 Å². The van der Waals surface area contributed by atoms with Crippen molar-refractivity contribution in [3.63, 3.8) is 0 Å². The van der Waals surface area contributed by atoms with Crippen molar-refractivity contribution < 1.29 is 14.2 Å². The number of rotatable bonds is 2. The van der Waals surface area contributed by atoms with E-state index in [0.717, 1.165) is 16.9 Å². The maximum absolute atomic E-state index is 13.2. The van der Waals surface area contributed by atoms with Crippen LogP contribution in [0.5, 0.6) is 11.5 Å². The SMILES string of the molecule is COc1ccc(-c2cc(F)ccc2O)c(C)c1. The molecule has 0 aliphatic rings. The highest BCUT2D eigenvalue weighted by Crippen LogP contribution is 2.33. The van der Waals surface area contributed by atoms with E-state index in [4.69, 9.17) is 4.74 Å². The van der Waals surface area contributed by atoms with Crippen LogP contribution in [-0.2, 0) is 0 Å². The fraction of sp³-hybridized carbons (Fsp3) is 0.143. The van der Waals surface area contributed by atoms with Crippen LogP contribution in [0.15, 0.2) is 36.4 Å². The highest BCUT2D eigenvalue weighted by atomic mass is 19.1. The van der Waals surface area contributed by atoms with Gasteiger partial charge in [0, 0.05) is 5.56 Å². The molecule has 0 spiro atoms. The molecule has 2 aromatic carbocycles. The van der Waals surface area contributed by atoms with Crippen LogP contribution in [0.4, 0.5) is 4.39 Å². The summed E-state index contributed by atoms with van der Waals surface area (Å²) < 4.78 is 18.3. The molecule has 1 N–H and O–H groups in total. The van der Waals surface area contributed by atoms with Gasteiger partial charge in [0.05, 0.1) is 7.11 Å². The summed E-state index contributed by atoms with van der Waals surface area (Å²) in [5, 5.41) is 9.74. The second kappa shape index (κ2) is 4.45. The van der Waals surface area contributed by atoms with Gasteiger partial charge in [-0.2, -0.15) is 0 Å². The molecule has 88 valence electrons. The van der Waals surface area contributed by atoms with Crippen molar-refractivity contribution in [2.75, 3.05) is 7.11 Å². The molecule has 17 heavy (non-hydrogen) atoms.